The number of likely N-dealkylation sites (N-methyl/N-ethyl adjacent to an activating group) is 1. The average molecular weight is 272 g/mol. The van der Waals surface area contributed by atoms with Gasteiger partial charge in [-0.05, 0) is 30.7 Å². The Morgan fingerprint density at radius 3 is 2.87 bits per heavy atom. The Hall–Kier alpha value is -1.03. The van der Waals surface area contributed by atoms with E-state index in [4.69, 9.17) is 4.74 Å². The molecule has 0 heterocycles. The Labute approximate surface area is 97.9 Å². The molecule has 0 fully saturated rings. The van der Waals surface area contributed by atoms with Crippen LogP contribution in [-0.4, -0.2) is 19.6 Å². The van der Waals surface area contributed by atoms with E-state index in [9.17, 15) is 4.79 Å². The van der Waals surface area contributed by atoms with E-state index >= 15 is 0 Å². The lowest BCUT2D eigenvalue weighted by atomic mass is 10.1. The summed E-state index contributed by atoms with van der Waals surface area (Å²) >= 11 is 3.40. The van der Waals surface area contributed by atoms with E-state index in [1.54, 1.807) is 7.11 Å². The summed E-state index contributed by atoms with van der Waals surface area (Å²) in [6.45, 7) is 2.55. The van der Waals surface area contributed by atoms with Gasteiger partial charge in [0, 0.05) is 11.0 Å². The zero-order valence-electron chi connectivity index (χ0n) is 8.84. The highest BCUT2D eigenvalue weighted by Crippen LogP contribution is 2.22. The zero-order valence-corrected chi connectivity index (χ0v) is 10.4. The van der Waals surface area contributed by atoms with Crippen LogP contribution in [0, 0.1) is 0 Å². The number of hydrogen-bond acceptors (Lipinski definition) is 2. The SMILES string of the molecule is CCNC(=O)Cc1cc(OC)ccc1Br. The normalized spacial score (nSPS) is 9.80. The minimum Gasteiger partial charge on any atom is -0.497 e. The van der Waals surface area contributed by atoms with Crippen molar-refractivity contribution in [1.29, 1.82) is 0 Å². The first-order valence-corrected chi connectivity index (χ1v) is 5.55. The molecular formula is C11H14BrNO2. The number of rotatable bonds is 4. The number of nitrogens with one attached hydrogen (secondary N) is 1. The highest BCUT2D eigenvalue weighted by Gasteiger charge is 2.06. The van der Waals surface area contributed by atoms with Gasteiger partial charge in [-0.3, -0.25) is 4.79 Å². The van der Waals surface area contributed by atoms with Crippen molar-refractivity contribution in [3.63, 3.8) is 0 Å². The second-order valence-corrected chi connectivity index (χ2v) is 3.94. The van der Waals surface area contributed by atoms with Crippen LogP contribution in [0.2, 0.25) is 0 Å². The number of ether oxygens (including phenoxy) is 1. The van der Waals surface area contributed by atoms with E-state index < -0.39 is 0 Å². The first kappa shape index (κ1) is 12.0. The quantitative estimate of drug-likeness (QED) is 0.911. The molecule has 4 heteroatoms. The predicted octanol–water partition coefficient (Wildman–Crippen LogP) is 2.14. The minimum atomic E-state index is 0.0199. The van der Waals surface area contributed by atoms with Gasteiger partial charge in [0.1, 0.15) is 5.75 Å². The molecule has 1 rings (SSSR count). The molecule has 3 nitrogen and oxygen atoms in total. The maximum Gasteiger partial charge on any atom is 0.224 e. The Bertz CT molecular complexity index is 352. The van der Waals surface area contributed by atoms with Crippen molar-refractivity contribution >= 4 is 21.8 Å². The summed E-state index contributed by atoms with van der Waals surface area (Å²) < 4.78 is 6.02. The van der Waals surface area contributed by atoms with Crippen LogP contribution < -0.4 is 10.1 Å². The van der Waals surface area contributed by atoms with E-state index in [1.165, 1.54) is 0 Å². The van der Waals surface area contributed by atoms with Gasteiger partial charge in [-0.25, -0.2) is 0 Å². The first-order chi connectivity index (χ1) is 7.17. The second kappa shape index (κ2) is 5.75. The molecule has 0 aromatic heterocycles. The smallest absolute Gasteiger partial charge is 0.224 e. The molecular weight excluding hydrogens is 258 g/mol. The van der Waals surface area contributed by atoms with E-state index in [2.05, 4.69) is 21.2 Å². The number of carbonyl (C=O) groups is 1. The monoisotopic (exact) mass is 271 g/mol. The fourth-order valence-corrected chi connectivity index (χ4v) is 1.63. The third-order valence-corrected chi connectivity index (χ3v) is 2.75. The van der Waals surface area contributed by atoms with Gasteiger partial charge in [-0.1, -0.05) is 15.9 Å². The number of carbonyl (C=O) groups excluding carboxylic acids is 1. The zero-order chi connectivity index (χ0) is 11.3. The molecule has 0 radical (unpaired) electrons. The fraction of sp³-hybridized carbons (Fsp3) is 0.364. The second-order valence-electron chi connectivity index (χ2n) is 3.09. The van der Waals surface area contributed by atoms with E-state index in [1.807, 2.05) is 25.1 Å². The van der Waals surface area contributed by atoms with Crippen molar-refractivity contribution in [3.8, 4) is 5.75 Å². The Morgan fingerprint density at radius 1 is 1.53 bits per heavy atom. The van der Waals surface area contributed by atoms with Gasteiger partial charge in [0.15, 0.2) is 0 Å². The van der Waals surface area contributed by atoms with Crippen LogP contribution in [0.15, 0.2) is 22.7 Å². The van der Waals surface area contributed by atoms with Gasteiger partial charge in [-0.15, -0.1) is 0 Å². The van der Waals surface area contributed by atoms with Gasteiger partial charge in [0.2, 0.25) is 5.91 Å². The molecule has 0 saturated carbocycles. The standard InChI is InChI=1S/C11H14BrNO2/c1-3-13-11(14)7-8-6-9(15-2)4-5-10(8)12/h4-6H,3,7H2,1-2H3,(H,13,14). The summed E-state index contributed by atoms with van der Waals surface area (Å²) in [6.07, 6.45) is 0.367. The lowest BCUT2D eigenvalue weighted by Crippen LogP contribution is -2.24. The van der Waals surface area contributed by atoms with Crippen molar-refractivity contribution in [2.24, 2.45) is 0 Å². The molecule has 0 atom stereocenters. The number of methoxy groups -OCH3 is 1. The van der Waals surface area contributed by atoms with Crippen LogP contribution in [0.5, 0.6) is 5.75 Å². The van der Waals surface area contributed by atoms with Crippen molar-refractivity contribution in [2.75, 3.05) is 13.7 Å². The molecule has 0 spiro atoms. The number of halogens is 1. The van der Waals surface area contributed by atoms with Crippen molar-refractivity contribution < 1.29 is 9.53 Å². The number of amides is 1. The van der Waals surface area contributed by atoms with Crippen LogP contribution in [0.3, 0.4) is 0 Å². The first-order valence-electron chi connectivity index (χ1n) is 4.76. The van der Waals surface area contributed by atoms with Crippen LogP contribution in [-0.2, 0) is 11.2 Å². The molecule has 0 bridgehead atoms. The molecule has 0 aliphatic carbocycles. The summed E-state index contributed by atoms with van der Waals surface area (Å²) in [5.41, 5.74) is 0.931. The average Bonchev–Trinajstić information content (AvgIpc) is 2.21. The van der Waals surface area contributed by atoms with E-state index in [0.29, 0.717) is 13.0 Å². The lowest BCUT2D eigenvalue weighted by molar-refractivity contribution is -0.120. The van der Waals surface area contributed by atoms with Crippen LogP contribution in [0.1, 0.15) is 12.5 Å². The third kappa shape index (κ3) is 3.55. The predicted molar refractivity (Wildman–Crippen MR) is 63.1 cm³/mol. The minimum absolute atomic E-state index is 0.0199. The molecule has 0 saturated heterocycles. The Balaban J connectivity index is 2.79. The van der Waals surface area contributed by atoms with Crippen molar-refractivity contribution in [2.45, 2.75) is 13.3 Å². The number of benzene rings is 1. The van der Waals surface area contributed by atoms with E-state index in [-0.39, 0.29) is 5.91 Å². The summed E-state index contributed by atoms with van der Waals surface area (Å²) in [7, 11) is 1.61. The van der Waals surface area contributed by atoms with Gasteiger partial charge in [-0.2, -0.15) is 0 Å². The van der Waals surface area contributed by atoms with Crippen molar-refractivity contribution in [1.82, 2.24) is 5.32 Å². The summed E-state index contributed by atoms with van der Waals surface area (Å²) in [5, 5.41) is 2.76. The summed E-state index contributed by atoms with van der Waals surface area (Å²) in [6, 6.07) is 5.60. The summed E-state index contributed by atoms with van der Waals surface area (Å²) in [4.78, 5) is 11.4. The molecule has 0 aliphatic heterocycles. The maximum atomic E-state index is 11.4. The van der Waals surface area contributed by atoms with Crippen LogP contribution in [0.4, 0.5) is 0 Å². The topological polar surface area (TPSA) is 38.3 Å². The molecule has 1 aromatic rings. The summed E-state index contributed by atoms with van der Waals surface area (Å²) in [5.74, 6) is 0.781. The van der Waals surface area contributed by atoms with Gasteiger partial charge >= 0.3 is 0 Å². The van der Waals surface area contributed by atoms with Gasteiger partial charge in [0.25, 0.3) is 0 Å². The van der Waals surface area contributed by atoms with Crippen molar-refractivity contribution in [3.05, 3.63) is 28.2 Å². The lowest BCUT2D eigenvalue weighted by Gasteiger charge is -2.07. The van der Waals surface area contributed by atoms with Crippen LogP contribution in [0.25, 0.3) is 0 Å². The molecule has 0 aliphatic rings. The van der Waals surface area contributed by atoms with Crippen LogP contribution >= 0.6 is 15.9 Å². The van der Waals surface area contributed by atoms with Gasteiger partial charge < -0.3 is 10.1 Å². The van der Waals surface area contributed by atoms with Gasteiger partial charge in [0.05, 0.1) is 13.5 Å². The molecule has 15 heavy (non-hydrogen) atoms. The molecule has 1 N–H and O–H groups in total. The number of hydrogen-bond donors (Lipinski definition) is 1. The molecule has 82 valence electrons. The molecule has 1 amide bonds. The fourth-order valence-electron chi connectivity index (χ4n) is 1.25. The maximum absolute atomic E-state index is 11.4. The highest BCUT2D eigenvalue weighted by molar-refractivity contribution is 9.10. The van der Waals surface area contributed by atoms with E-state index in [0.717, 1.165) is 15.8 Å². The largest absolute Gasteiger partial charge is 0.497 e. The Morgan fingerprint density at radius 2 is 2.27 bits per heavy atom. The molecule has 1 aromatic carbocycles. The molecule has 0 unspecified atom stereocenters. The highest BCUT2D eigenvalue weighted by atomic mass is 79.9. The Kier molecular flexibility index (Phi) is 4.62. The third-order valence-electron chi connectivity index (χ3n) is 1.98.